The number of hydrogen-bond acceptors (Lipinski definition) is 6. The molecule has 2 N–H and O–H groups in total. The molecule has 0 saturated heterocycles. The van der Waals surface area contributed by atoms with Crippen LogP contribution in [0.3, 0.4) is 0 Å². The quantitative estimate of drug-likeness (QED) is 0.472. The van der Waals surface area contributed by atoms with Crippen LogP contribution in [0.25, 0.3) is 6.08 Å². The second-order valence-corrected chi connectivity index (χ2v) is 6.67. The number of carbonyl (C=O) groups excluding carboxylic acids is 3. The molecule has 2 rings (SSSR count). The summed E-state index contributed by atoms with van der Waals surface area (Å²) < 4.78 is 14.9. The van der Waals surface area contributed by atoms with E-state index in [2.05, 4.69) is 15.4 Å². The zero-order valence-corrected chi connectivity index (χ0v) is 17.9. The SMILES string of the molecule is COC(=O)COc1ccc(NC(=O)[C@@H](C)NC(=O)/C=C/c2ccc(OC)cc2)c(C)c1. The van der Waals surface area contributed by atoms with Crippen LogP contribution < -0.4 is 20.1 Å². The Balaban J connectivity index is 1.88. The van der Waals surface area contributed by atoms with Crippen LogP contribution in [-0.2, 0) is 19.1 Å². The highest BCUT2D eigenvalue weighted by Crippen LogP contribution is 2.21. The standard InChI is InChI=1S/C23H26N2O6/c1-15-13-19(31-14-22(27)30-4)10-11-20(15)25-23(28)16(2)24-21(26)12-7-17-5-8-18(29-3)9-6-17/h5-13,16H,14H2,1-4H3,(H,24,26)(H,25,28)/b12-7+/t16-/m1/s1. The molecular weight excluding hydrogens is 400 g/mol. The summed E-state index contributed by atoms with van der Waals surface area (Å²) in [5, 5.41) is 5.39. The van der Waals surface area contributed by atoms with Crippen molar-refractivity contribution < 1.29 is 28.6 Å². The van der Waals surface area contributed by atoms with E-state index in [1.807, 2.05) is 12.1 Å². The van der Waals surface area contributed by atoms with Crippen molar-refractivity contribution in [2.45, 2.75) is 19.9 Å². The van der Waals surface area contributed by atoms with Gasteiger partial charge in [-0.15, -0.1) is 0 Å². The molecule has 164 valence electrons. The third-order valence-corrected chi connectivity index (χ3v) is 4.34. The molecule has 2 amide bonds. The highest BCUT2D eigenvalue weighted by atomic mass is 16.6. The fourth-order valence-electron chi connectivity index (χ4n) is 2.52. The number of ether oxygens (including phenoxy) is 3. The maximum Gasteiger partial charge on any atom is 0.343 e. The second kappa shape index (κ2) is 11.4. The average molecular weight is 426 g/mol. The van der Waals surface area contributed by atoms with E-state index >= 15 is 0 Å². The molecule has 0 aliphatic rings. The number of aryl methyl sites for hydroxylation is 1. The van der Waals surface area contributed by atoms with Gasteiger partial charge in [-0.3, -0.25) is 9.59 Å². The number of benzene rings is 2. The number of nitrogens with one attached hydrogen (secondary N) is 2. The Labute approximate surface area is 181 Å². The Bertz CT molecular complexity index is 953. The maximum absolute atomic E-state index is 12.4. The van der Waals surface area contributed by atoms with Crippen molar-refractivity contribution in [2.75, 3.05) is 26.1 Å². The fraction of sp³-hybridized carbons (Fsp3) is 0.261. The number of methoxy groups -OCH3 is 2. The lowest BCUT2D eigenvalue weighted by Gasteiger charge is -2.15. The molecule has 8 nitrogen and oxygen atoms in total. The van der Waals surface area contributed by atoms with Gasteiger partial charge in [0.15, 0.2) is 6.61 Å². The smallest absolute Gasteiger partial charge is 0.343 e. The predicted octanol–water partition coefficient (Wildman–Crippen LogP) is 2.71. The summed E-state index contributed by atoms with van der Waals surface area (Å²) in [4.78, 5) is 35.7. The van der Waals surface area contributed by atoms with Crippen molar-refractivity contribution in [2.24, 2.45) is 0 Å². The molecule has 0 saturated carbocycles. The van der Waals surface area contributed by atoms with Crippen molar-refractivity contribution in [1.82, 2.24) is 5.32 Å². The number of carbonyl (C=O) groups is 3. The average Bonchev–Trinajstić information content (AvgIpc) is 2.77. The van der Waals surface area contributed by atoms with Crippen LogP contribution in [0, 0.1) is 6.92 Å². The summed E-state index contributed by atoms with van der Waals surface area (Å²) in [5.41, 5.74) is 2.15. The lowest BCUT2D eigenvalue weighted by molar-refractivity contribution is -0.142. The summed E-state index contributed by atoms with van der Waals surface area (Å²) in [6.45, 7) is 3.19. The van der Waals surface area contributed by atoms with Gasteiger partial charge in [-0.25, -0.2) is 4.79 Å². The van der Waals surface area contributed by atoms with Gasteiger partial charge in [-0.2, -0.15) is 0 Å². The van der Waals surface area contributed by atoms with Crippen molar-refractivity contribution >= 4 is 29.5 Å². The van der Waals surface area contributed by atoms with Gasteiger partial charge >= 0.3 is 5.97 Å². The first-order valence-corrected chi connectivity index (χ1v) is 9.56. The van der Waals surface area contributed by atoms with Crippen molar-refractivity contribution in [1.29, 1.82) is 0 Å². The summed E-state index contributed by atoms with van der Waals surface area (Å²) in [5.74, 6) is -0.0314. The molecule has 0 radical (unpaired) electrons. The Kier molecular flexibility index (Phi) is 8.63. The zero-order valence-electron chi connectivity index (χ0n) is 17.9. The molecule has 0 heterocycles. The third kappa shape index (κ3) is 7.50. The molecule has 31 heavy (non-hydrogen) atoms. The van der Waals surface area contributed by atoms with Crippen LogP contribution in [0.4, 0.5) is 5.69 Å². The van der Waals surface area contributed by atoms with Crippen molar-refractivity contribution in [3.05, 3.63) is 59.7 Å². The van der Waals surface area contributed by atoms with E-state index in [0.29, 0.717) is 11.4 Å². The van der Waals surface area contributed by atoms with Gasteiger partial charge < -0.3 is 24.8 Å². The number of rotatable bonds is 9. The van der Waals surface area contributed by atoms with Crippen LogP contribution in [0.15, 0.2) is 48.5 Å². The van der Waals surface area contributed by atoms with Gasteiger partial charge in [0.2, 0.25) is 11.8 Å². The molecule has 0 fully saturated rings. The number of anilines is 1. The van der Waals surface area contributed by atoms with Crippen molar-refractivity contribution in [3.63, 3.8) is 0 Å². The lowest BCUT2D eigenvalue weighted by atomic mass is 10.1. The minimum absolute atomic E-state index is 0.200. The van der Waals surface area contributed by atoms with Gasteiger partial charge in [0, 0.05) is 11.8 Å². The monoisotopic (exact) mass is 426 g/mol. The number of amides is 2. The third-order valence-electron chi connectivity index (χ3n) is 4.34. The van der Waals surface area contributed by atoms with Gasteiger partial charge in [0.1, 0.15) is 17.5 Å². The normalized spacial score (nSPS) is 11.5. The molecule has 0 aliphatic carbocycles. The Morgan fingerprint density at radius 1 is 1.03 bits per heavy atom. The molecule has 2 aromatic rings. The van der Waals surface area contributed by atoms with Crippen LogP contribution in [0.5, 0.6) is 11.5 Å². The predicted molar refractivity (Wildman–Crippen MR) is 117 cm³/mol. The summed E-state index contributed by atoms with van der Waals surface area (Å²) in [6, 6.07) is 11.5. The molecule has 0 aliphatic heterocycles. The van der Waals surface area contributed by atoms with Gasteiger partial charge in [-0.1, -0.05) is 12.1 Å². The minimum atomic E-state index is -0.748. The van der Waals surface area contributed by atoms with E-state index in [9.17, 15) is 14.4 Å². The molecule has 2 aromatic carbocycles. The van der Waals surface area contributed by atoms with Gasteiger partial charge in [0.25, 0.3) is 0 Å². The molecule has 8 heteroatoms. The molecule has 0 bridgehead atoms. The van der Waals surface area contributed by atoms with Gasteiger partial charge in [-0.05, 0) is 61.4 Å². The van der Waals surface area contributed by atoms with Crippen LogP contribution in [0.2, 0.25) is 0 Å². The highest BCUT2D eigenvalue weighted by molar-refractivity contribution is 6.00. The van der Waals surface area contributed by atoms with E-state index in [-0.39, 0.29) is 18.4 Å². The van der Waals surface area contributed by atoms with E-state index in [1.54, 1.807) is 57.4 Å². The molecule has 1 atom stereocenters. The zero-order chi connectivity index (χ0) is 22.8. The number of hydrogen-bond donors (Lipinski definition) is 2. The summed E-state index contributed by atoms with van der Waals surface area (Å²) >= 11 is 0. The van der Waals surface area contributed by atoms with Gasteiger partial charge in [0.05, 0.1) is 14.2 Å². The first-order chi connectivity index (χ1) is 14.8. The summed E-state index contributed by atoms with van der Waals surface area (Å²) in [7, 11) is 2.87. The summed E-state index contributed by atoms with van der Waals surface area (Å²) in [6.07, 6.45) is 3.01. The van der Waals surface area contributed by atoms with E-state index < -0.39 is 12.0 Å². The topological polar surface area (TPSA) is 103 Å². The molecular formula is C23H26N2O6. The van der Waals surface area contributed by atoms with E-state index in [1.165, 1.54) is 13.2 Å². The van der Waals surface area contributed by atoms with Crippen molar-refractivity contribution in [3.8, 4) is 11.5 Å². The Hall–Kier alpha value is -3.81. The fourth-order valence-corrected chi connectivity index (χ4v) is 2.52. The second-order valence-electron chi connectivity index (χ2n) is 6.67. The van der Waals surface area contributed by atoms with Crippen LogP contribution in [0.1, 0.15) is 18.1 Å². The molecule has 0 aromatic heterocycles. The van der Waals surface area contributed by atoms with Crippen LogP contribution >= 0.6 is 0 Å². The van der Waals surface area contributed by atoms with E-state index in [0.717, 1.165) is 16.9 Å². The number of esters is 1. The van der Waals surface area contributed by atoms with Crippen LogP contribution in [-0.4, -0.2) is 44.7 Å². The lowest BCUT2D eigenvalue weighted by Crippen LogP contribution is -2.41. The largest absolute Gasteiger partial charge is 0.497 e. The first kappa shape index (κ1) is 23.5. The highest BCUT2D eigenvalue weighted by Gasteiger charge is 2.15. The first-order valence-electron chi connectivity index (χ1n) is 9.56. The Morgan fingerprint density at radius 3 is 2.32 bits per heavy atom. The molecule has 0 spiro atoms. The maximum atomic E-state index is 12.4. The minimum Gasteiger partial charge on any atom is -0.497 e. The molecule has 0 unspecified atom stereocenters. The Morgan fingerprint density at radius 2 is 1.71 bits per heavy atom. The van der Waals surface area contributed by atoms with E-state index in [4.69, 9.17) is 9.47 Å².